The zero-order valence-electron chi connectivity index (χ0n) is 15.0. The van der Waals surface area contributed by atoms with Crippen molar-refractivity contribution in [3.8, 4) is 0 Å². The lowest BCUT2D eigenvalue weighted by Crippen LogP contribution is -2.30. The van der Waals surface area contributed by atoms with Crippen molar-refractivity contribution in [3.05, 3.63) is 59.8 Å². The Kier molecular flexibility index (Phi) is 4.56. The third kappa shape index (κ3) is 3.15. The fourth-order valence-corrected chi connectivity index (χ4v) is 6.95. The fourth-order valence-electron chi connectivity index (χ4n) is 6.01. The van der Waals surface area contributed by atoms with Gasteiger partial charge in [-0.1, -0.05) is 71.2 Å². The standard InChI is InChI=1S/C24H29I/c25-22-11-9-18-13-17(6-7-20(18)15-22)19-10-12-24-21(14-19)8-5-16-3-1-2-4-23(16)24/h2,4-8,10,14,16-18,20,22-24H,1,3,9,11-13,15H2/t16-,17?,18?,20?,22?,23?,24?/m1/s1. The molecule has 1 fully saturated rings. The Morgan fingerprint density at radius 2 is 1.84 bits per heavy atom. The van der Waals surface area contributed by atoms with Crippen LogP contribution in [0.2, 0.25) is 0 Å². The molecule has 1 heteroatoms. The molecule has 0 nitrogen and oxygen atoms in total. The second-order valence-electron chi connectivity index (χ2n) is 8.86. The quantitative estimate of drug-likeness (QED) is 0.237. The van der Waals surface area contributed by atoms with Crippen LogP contribution < -0.4 is 0 Å². The molecule has 25 heavy (non-hydrogen) atoms. The Balaban J connectivity index is 1.35. The fraction of sp³-hybridized carbons (Fsp3) is 0.583. The van der Waals surface area contributed by atoms with Crippen LogP contribution in [0.5, 0.6) is 0 Å². The van der Waals surface area contributed by atoms with Gasteiger partial charge in [-0.3, -0.25) is 0 Å². The van der Waals surface area contributed by atoms with Crippen LogP contribution in [-0.2, 0) is 0 Å². The maximum Gasteiger partial charge on any atom is 0.0115 e. The molecule has 5 aliphatic rings. The molecule has 0 amide bonds. The van der Waals surface area contributed by atoms with E-state index in [1.54, 1.807) is 11.1 Å². The monoisotopic (exact) mass is 444 g/mol. The summed E-state index contributed by atoms with van der Waals surface area (Å²) in [4.78, 5) is 0. The van der Waals surface area contributed by atoms with Crippen molar-refractivity contribution in [2.75, 3.05) is 0 Å². The highest BCUT2D eigenvalue weighted by Gasteiger charge is 2.36. The summed E-state index contributed by atoms with van der Waals surface area (Å²) in [5.74, 6) is 4.76. The van der Waals surface area contributed by atoms with E-state index in [2.05, 4.69) is 71.2 Å². The Labute approximate surface area is 166 Å². The van der Waals surface area contributed by atoms with Gasteiger partial charge in [-0.15, -0.1) is 0 Å². The van der Waals surface area contributed by atoms with Gasteiger partial charge in [0.05, 0.1) is 0 Å². The van der Waals surface area contributed by atoms with Crippen molar-refractivity contribution >= 4 is 22.6 Å². The number of allylic oxidation sites excluding steroid dienone is 10. The van der Waals surface area contributed by atoms with E-state index < -0.39 is 0 Å². The van der Waals surface area contributed by atoms with Crippen LogP contribution in [0.15, 0.2) is 59.8 Å². The van der Waals surface area contributed by atoms with Gasteiger partial charge in [-0.05, 0) is 85.7 Å². The molecule has 0 heterocycles. The third-order valence-electron chi connectivity index (χ3n) is 7.45. The second-order valence-corrected chi connectivity index (χ2v) is 10.6. The van der Waals surface area contributed by atoms with Gasteiger partial charge >= 0.3 is 0 Å². The Morgan fingerprint density at radius 1 is 0.880 bits per heavy atom. The van der Waals surface area contributed by atoms with Gasteiger partial charge in [-0.25, -0.2) is 0 Å². The van der Waals surface area contributed by atoms with E-state index in [1.165, 1.54) is 44.9 Å². The van der Waals surface area contributed by atoms with Crippen LogP contribution in [0, 0.1) is 35.5 Å². The predicted octanol–water partition coefficient (Wildman–Crippen LogP) is 6.81. The van der Waals surface area contributed by atoms with Gasteiger partial charge < -0.3 is 0 Å². The minimum atomic E-state index is 0.675. The number of alkyl halides is 1. The predicted molar refractivity (Wildman–Crippen MR) is 115 cm³/mol. The molecule has 6 unspecified atom stereocenters. The van der Waals surface area contributed by atoms with Gasteiger partial charge in [0.15, 0.2) is 0 Å². The van der Waals surface area contributed by atoms with Crippen LogP contribution in [0.1, 0.15) is 44.9 Å². The molecule has 1 saturated carbocycles. The molecule has 0 aromatic carbocycles. The van der Waals surface area contributed by atoms with E-state index in [0.29, 0.717) is 5.92 Å². The average Bonchev–Trinajstić information content (AvgIpc) is 2.67. The highest BCUT2D eigenvalue weighted by Crippen LogP contribution is 2.47. The Morgan fingerprint density at radius 3 is 2.80 bits per heavy atom. The lowest BCUT2D eigenvalue weighted by Gasteiger charge is -2.40. The largest absolute Gasteiger partial charge is 0.0882 e. The first-order valence-electron chi connectivity index (χ1n) is 10.4. The molecule has 0 aromatic rings. The number of hydrogen-bond acceptors (Lipinski definition) is 0. The number of hydrogen-bond donors (Lipinski definition) is 0. The van der Waals surface area contributed by atoms with Crippen molar-refractivity contribution in [2.45, 2.75) is 48.9 Å². The van der Waals surface area contributed by atoms with Crippen LogP contribution >= 0.6 is 22.6 Å². The molecule has 0 radical (unpaired) electrons. The third-order valence-corrected chi connectivity index (χ3v) is 8.58. The van der Waals surface area contributed by atoms with Crippen molar-refractivity contribution in [3.63, 3.8) is 0 Å². The first-order valence-corrected chi connectivity index (χ1v) is 11.6. The maximum atomic E-state index is 2.66. The lowest BCUT2D eigenvalue weighted by molar-refractivity contribution is 0.249. The molecule has 0 aliphatic heterocycles. The van der Waals surface area contributed by atoms with Gasteiger partial charge in [0.1, 0.15) is 0 Å². The van der Waals surface area contributed by atoms with E-state index in [9.17, 15) is 0 Å². The SMILES string of the molecule is IC1CCC2CC(C3=CCC4C(=C3)C=C[C@H]3CCC=CC43)C=CC2C1. The summed E-state index contributed by atoms with van der Waals surface area (Å²) in [5.41, 5.74) is 3.22. The maximum absolute atomic E-state index is 2.66. The zero-order valence-corrected chi connectivity index (χ0v) is 17.1. The van der Waals surface area contributed by atoms with Crippen molar-refractivity contribution < 1.29 is 0 Å². The summed E-state index contributed by atoms with van der Waals surface area (Å²) >= 11 is 2.66. The van der Waals surface area contributed by atoms with E-state index in [4.69, 9.17) is 0 Å². The Hall–Kier alpha value is -0.570. The zero-order chi connectivity index (χ0) is 16.8. The molecule has 0 N–H and O–H groups in total. The summed E-state index contributed by atoms with van der Waals surface area (Å²) in [7, 11) is 0. The topological polar surface area (TPSA) is 0 Å². The lowest BCUT2D eigenvalue weighted by atomic mass is 9.65. The van der Waals surface area contributed by atoms with Gasteiger partial charge in [0.2, 0.25) is 0 Å². The van der Waals surface area contributed by atoms with Gasteiger partial charge in [0, 0.05) is 9.84 Å². The molecule has 5 aliphatic carbocycles. The van der Waals surface area contributed by atoms with Gasteiger partial charge in [-0.2, -0.15) is 0 Å². The second kappa shape index (κ2) is 6.87. The molecule has 7 atom stereocenters. The van der Waals surface area contributed by atoms with Crippen LogP contribution in [0.4, 0.5) is 0 Å². The number of fused-ring (bicyclic) bond motifs is 4. The minimum absolute atomic E-state index is 0.675. The molecule has 132 valence electrons. The van der Waals surface area contributed by atoms with Crippen molar-refractivity contribution in [1.82, 2.24) is 0 Å². The van der Waals surface area contributed by atoms with Crippen LogP contribution in [-0.4, -0.2) is 3.92 Å². The highest BCUT2D eigenvalue weighted by molar-refractivity contribution is 14.1. The van der Waals surface area contributed by atoms with E-state index >= 15 is 0 Å². The van der Waals surface area contributed by atoms with Crippen LogP contribution in [0.3, 0.4) is 0 Å². The summed E-state index contributed by atoms with van der Waals surface area (Å²) < 4.78 is 0.903. The molecule has 0 spiro atoms. The van der Waals surface area contributed by atoms with E-state index in [0.717, 1.165) is 33.5 Å². The van der Waals surface area contributed by atoms with E-state index in [-0.39, 0.29) is 0 Å². The normalized spacial score (nSPS) is 45.1. The molecule has 0 bridgehead atoms. The van der Waals surface area contributed by atoms with E-state index in [1.807, 2.05) is 0 Å². The number of halogens is 1. The summed E-state index contributed by atoms with van der Waals surface area (Å²) in [6, 6.07) is 0. The smallest absolute Gasteiger partial charge is 0.0115 e. The molecule has 5 rings (SSSR count). The highest BCUT2D eigenvalue weighted by atomic mass is 127. The summed E-state index contributed by atoms with van der Waals surface area (Å²) in [6.45, 7) is 0. The molecule has 0 aromatic heterocycles. The minimum Gasteiger partial charge on any atom is -0.0882 e. The molecular formula is C24H29I. The molecular weight excluding hydrogens is 415 g/mol. The first-order chi connectivity index (χ1) is 12.3. The van der Waals surface area contributed by atoms with Gasteiger partial charge in [0.25, 0.3) is 0 Å². The first kappa shape index (κ1) is 16.6. The van der Waals surface area contributed by atoms with Crippen LogP contribution in [0.25, 0.3) is 0 Å². The van der Waals surface area contributed by atoms with Crippen molar-refractivity contribution in [1.29, 1.82) is 0 Å². The molecule has 0 saturated heterocycles. The number of rotatable bonds is 1. The summed E-state index contributed by atoms with van der Waals surface area (Å²) in [5, 5.41) is 0. The summed E-state index contributed by atoms with van der Waals surface area (Å²) in [6.07, 6.45) is 29.7. The average molecular weight is 444 g/mol. The Bertz CT molecular complexity index is 676. The van der Waals surface area contributed by atoms with Crippen molar-refractivity contribution in [2.24, 2.45) is 35.5 Å².